The van der Waals surface area contributed by atoms with E-state index < -0.39 is 0 Å². The van der Waals surface area contributed by atoms with Crippen LogP contribution in [0.15, 0.2) is 46.4 Å². The van der Waals surface area contributed by atoms with Crippen molar-refractivity contribution < 1.29 is 9.53 Å². The van der Waals surface area contributed by atoms with Crippen molar-refractivity contribution >= 4 is 35.7 Å². The van der Waals surface area contributed by atoms with Crippen molar-refractivity contribution in [3.05, 3.63) is 57.7 Å². The van der Waals surface area contributed by atoms with Gasteiger partial charge in [-0.2, -0.15) is 0 Å². The van der Waals surface area contributed by atoms with E-state index in [1.807, 2.05) is 22.7 Å². The quantitative estimate of drug-likeness (QED) is 0.677. The van der Waals surface area contributed by atoms with Crippen LogP contribution in [0.5, 0.6) is 5.75 Å². The maximum absolute atomic E-state index is 13.0. The van der Waals surface area contributed by atoms with Gasteiger partial charge in [0.15, 0.2) is 0 Å². The van der Waals surface area contributed by atoms with Crippen LogP contribution in [0.25, 0.3) is 17.8 Å². The van der Waals surface area contributed by atoms with Gasteiger partial charge < -0.3 is 19.0 Å². The van der Waals surface area contributed by atoms with Crippen molar-refractivity contribution in [1.82, 2.24) is 14.0 Å². The van der Waals surface area contributed by atoms with Crippen LogP contribution in [-0.2, 0) is 11.3 Å². The summed E-state index contributed by atoms with van der Waals surface area (Å²) in [5.74, 6) is 0.904. The number of aromatic nitrogens is 3. The van der Waals surface area contributed by atoms with E-state index in [1.54, 1.807) is 48.5 Å². The van der Waals surface area contributed by atoms with Gasteiger partial charge >= 0.3 is 0 Å². The standard InChI is InChI=1S/C21H21N5O3/c1-29-15-8-10-23-19(13-15)24-20(27)7-4-12-26-16-5-2-9-22-14-18(16)25-11-3-6-17(25)21(26)28/h3,5-6,8-11,13-14H,2,4,7,12H2,1H3,(H,23,24,27). The summed E-state index contributed by atoms with van der Waals surface area (Å²) in [4.78, 5) is 33.6. The molecule has 8 nitrogen and oxygen atoms in total. The highest BCUT2D eigenvalue weighted by Crippen LogP contribution is 2.13. The molecule has 0 aliphatic carbocycles. The van der Waals surface area contributed by atoms with E-state index in [2.05, 4.69) is 15.3 Å². The molecule has 0 bridgehead atoms. The van der Waals surface area contributed by atoms with Crippen LogP contribution in [0.2, 0.25) is 0 Å². The Bertz CT molecular complexity index is 1270. The van der Waals surface area contributed by atoms with Gasteiger partial charge in [0.1, 0.15) is 17.1 Å². The number of nitrogens with zero attached hydrogens (tertiary/aromatic N) is 4. The topological polar surface area (TPSA) is 90.0 Å². The molecule has 4 rings (SSSR count). The van der Waals surface area contributed by atoms with Crippen molar-refractivity contribution in [2.45, 2.75) is 25.8 Å². The number of pyridine rings is 1. The maximum Gasteiger partial charge on any atom is 0.275 e. The minimum Gasteiger partial charge on any atom is -0.497 e. The van der Waals surface area contributed by atoms with Crippen molar-refractivity contribution in [3.63, 3.8) is 0 Å². The minimum atomic E-state index is -0.160. The first-order valence-electron chi connectivity index (χ1n) is 9.39. The van der Waals surface area contributed by atoms with Crippen molar-refractivity contribution in [1.29, 1.82) is 0 Å². The third-order valence-electron chi connectivity index (χ3n) is 4.76. The molecule has 4 heterocycles. The summed E-state index contributed by atoms with van der Waals surface area (Å²) in [6.07, 6.45) is 10.4. The third kappa shape index (κ3) is 3.82. The molecule has 0 unspecified atom stereocenters. The number of hydrogen-bond acceptors (Lipinski definition) is 5. The fourth-order valence-corrected chi connectivity index (χ4v) is 3.40. The summed E-state index contributed by atoms with van der Waals surface area (Å²) in [5, 5.41) is 4.45. The molecule has 3 aromatic heterocycles. The number of amides is 1. The molecule has 3 aromatic rings. The Hall–Kier alpha value is -3.68. The Morgan fingerprint density at radius 1 is 1.31 bits per heavy atom. The number of aliphatic imine (C=N–C) groups is 1. The molecule has 0 radical (unpaired) electrons. The van der Waals surface area contributed by atoms with E-state index in [0.29, 0.717) is 36.5 Å². The summed E-state index contributed by atoms with van der Waals surface area (Å²) in [7, 11) is 1.56. The van der Waals surface area contributed by atoms with Gasteiger partial charge in [-0.05, 0) is 24.6 Å². The molecule has 1 aliphatic rings. The SMILES string of the molecule is COc1ccnc(NC(=O)CCCn2c3c(n4cccc4c2=O)=CN=CCC=3)c1. The predicted octanol–water partition coefficient (Wildman–Crippen LogP) is 0.917. The zero-order valence-corrected chi connectivity index (χ0v) is 16.0. The van der Waals surface area contributed by atoms with Crippen LogP contribution < -0.4 is 26.3 Å². The van der Waals surface area contributed by atoms with Crippen LogP contribution in [-0.4, -0.2) is 33.2 Å². The lowest BCUT2D eigenvalue weighted by Crippen LogP contribution is -2.46. The number of hydrogen-bond donors (Lipinski definition) is 1. The fourth-order valence-electron chi connectivity index (χ4n) is 3.40. The Morgan fingerprint density at radius 2 is 2.21 bits per heavy atom. The van der Waals surface area contributed by atoms with Gasteiger partial charge in [-0.1, -0.05) is 6.08 Å². The Balaban J connectivity index is 1.53. The zero-order chi connectivity index (χ0) is 20.2. The third-order valence-corrected chi connectivity index (χ3v) is 4.76. The predicted molar refractivity (Wildman–Crippen MR) is 112 cm³/mol. The van der Waals surface area contributed by atoms with E-state index >= 15 is 0 Å². The molecular formula is C21H21N5O3. The summed E-state index contributed by atoms with van der Waals surface area (Å²) in [6.45, 7) is 0.437. The van der Waals surface area contributed by atoms with E-state index in [4.69, 9.17) is 4.74 Å². The van der Waals surface area contributed by atoms with Gasteiger partial charge in [0.05, 0.1) is 24.0 Å². The lowest BCUT2D eigenvalue weighted by atomic mass is 10.2. The van der Waals surface area contributed by atoms with Gasteiger partial charge in [0, 0.05) is 44.1 Å². The second-order valence-corrected chi connectivity index (χ2v) is 6.62. The summed E-state index contributed by atoms with van der Waals surface area (Å²) >= 11 is 0. The summed E-state index contributed by atoms with van der Waals surface area (Å²) in [5.41, 5.74) is 0.519. The number of rotatable bonds is 6. The van der Waals surface area contributed by atoms with Crippen molar-refractivity contribution in [3.8, 4) is 5.75 Å². The molecule has 0 fully saturated rings. The van der Waals surface area contributed by atoms with Crippen LogP contribution in [0.3, 0.4) is 0 Å². The summed E-state index contributed by atoms with van der Waals surface area (Å²) < 4.78 is 8.72. The first-order chi connectivity index (χ1) is 14.2. The number of carbonyl (C=O) groups excluding carboxylic acids is 1. The van der Waals surface area contributed by atoms with E-state index in [0.717, 1.165) is 10.7 Å². The van der Waals surface area contributed by atoms with Crippen molar-refractivity contribution in [2.75, 3.05) is 12.4 Å². The number of fused-ring (bicyclic) bond motifs is 3. The molecule has 1 amide bonds. The van der Waals surface area contributed by atoms with Crippen molar-refractivity contribution in [2.24, 2.45) is 4.99 Å². The highest BCUT2D eigenvalue weighted by Gasteiger charge is 2.10. The highest BCUT2D eigenvalue weighted by atomic mass is 16.5. The smallest absolute Gasteiger partial charge is 0.275 e. The van der Waals surface area contributed by atoms with Gasteiger partial charge in [-0.15, -0.1) is 0 Å². The maximum atomic E-state index is 13.0. The molecule has 0 atom stereocenters. The zero-order valence-electron chi connectivity index (χ0n) is 16.0. The minimum absolute atomic E-state index is 0.0739. The van der Waals surface area contributed by atoms with Crippen LogP contribution >= 0.6 is 0 Å². The number of carbonyl (C=O) groups is 1. The number of nitrogens with one attached hydrogen (secondary N) is 1. The Kier molecular flexibility index (Phi) is 5.24. The average Bonchev–Trinajstić information content (AvgIpc) is 3.09. The van der Waals surface area contributed by atoms with Gasteiger partial charge in [0.25, 0.3) is 5.56 Å². The highest BCUT2D eigenvalue weighted by molar-refractivity contribution is 5.89. The number of methoxy groups -OCH3 is 1. The van der Waals surface area contributed by atoms with Crippen LogP contribution in [0.1, 0.15) is 19.3 Å². The monoisotopic (exact) mass is 391 g/mol. The normalized spacial score (nSPS) is 12.6. The molecule has 0 saturated heterocycles. The van der Waals surface area contributed by atoms with E-state index in [-0.39, 0.29) is 17.9 Å². The molecule has 29 heavy (non-hydrogen) atoms. The molecule has 0 spiro atoms. The molecule has 0 aromatic carbocycles. The first kappa shape index (κ1) is 18.7. The number of anilines is 1. The number of ether oxygens (including phenoxy) is 1. The van der Waals surface area contributed by atoms with Gasteiger partial charge in [-0.3, -0.25) is 14.6 Å². The molecule has 1 N–H and O–H groups in total. The Morgan fingerprint density at radius 3 is 3.07 bits per heavy atom. The largest absolute Gasteiger partial charge is 0.497 e. The lowest BCUT2D eigenvalue weighted by Gasteiger charge is -2.10. The lowest BCUT2D eigenvalue weighted by molar-refractivity contribution is -0.116. The average molecular weight is 391 g/mol. The summed E-state index contributed by atoms with van der Waals surface area (Å²) in [6, 6.07) is 7.01. The molecule has 8 heteroatoms. The van der Waals surface area contributed by atoms with Crippen LogP contribution in [0.4, 0.5) is 5.82 Å². The van der Waals surface area contributed by atoms with E-state index in [1.165, 1.54) is 0 Å². The molecule has 148 valence electrons. The van der Waals surface area contributed by atoms with Gasteiger partial charge in [-0.25, -0.2) is 4.98 Å². The second-order valence-electron chi connectivity index (χ2n) is 6.62. The fraction of sp³-hybridized carbons (Fsp3) is 0.238. The Labute approximate surface area is 166 Å². The second kappa shape index (κ2) is 8.14. The first-order valence-corrected chi connectivity index (χ1v) is 9.39. The molecule has 0 saturated carbocycles. The van der Waals surface area contributed by atoms with Gasteiger partial charge in [0.2, 0.25) is 5.91 Å². The molecular weight excluding hydrogens is 370 g/mol. The van der Waals surface area contributed by atoms with E-state index in [9.17, 15) is 9.59 Å². The molecule has 1 aliphatic heterocycles. The van der Waals surface area contributed by atoms with Crippen LogP contribution in [0, 0.1) is 0 Å².